The Labute approximate surface area is 110 Å². The third kappa shape index (κ3) is 9.24. The molecule has 1 amide bonds. The Morgan fingerprint density at radius 2 is 1.78 bits per heavy atom. The number of rotatable bonds is 6. The van der Waals surface area contributed by atoms with Crippen LogP contribution in [0.4, 0.5) is 4.79 Å². The fourth-order valence-corrected chi connectivity index (χ4v) is 1.18. The predicted octanol–water partition coefficient (Wildman–Crippen LogP) is 1.51. The highest BCUT2D eigenvalue weighted by Crippen LogP contribution is 2.06. The lowest BCUT2D eigenvalue weighted by Crippen LogP contribution is -2.44. The van der Waals surface area contributed by atoms with Gasteiger partial charge in [0.15, 0.2) is 0 Å². The summed E-state index contributed by atoms with van der Waals surface area (Å²) in [6.45, 7) is 12.4. The Morgan fingerprint density at radius 1 is 1.22 bits per heavy atom. The van der Waals surface area contributed by atoms with Gasteiger partial charge in [0.25, 0.3) is 0 Å². The molecule has 0 heterocycles. The van der Waals surface area contributed by atoms with E-state index in [0.717, 1.165) is 0 Å². The van der Waals surface area contributed by atoms with Crippen LogP contribution in [0.1, 0.15) is 41.5 Å². The van der Waals surface area contributed by atoms with E-state index in [4.69, 9.17) is 4.74 Å². The Morgan fingerprint density at radius 3 is 2.22 bits per heavy atom. The fraction of sp³-hybridized carbons (Fsp3) is 0.923. The number of ether oxygens (including phenoxy) is 1. The van der Waals surface area contributed by atoms with Crippen molar-refractivity contribution in [2.24, 2.45) is 5.92 Å². The first-order chi connectivity index (χ1) is 8.11. The molecule has 5 nitrogen and oxygen atoms in total. The minimum Gasteiger partial charge on any atom is -0.444 e. The van der Waals surface area contributed by atoms with Gasteiger partial charge in [-0.1, -0.05) is 13.8 Å². The van der Waals surface area contributed by atoms with E-state index < -0.39 is 11.7 Å². The van der Waals surface area contributed by atoms with E-state index in [-0.39, 0.29) is 18.1 Å². The summed E-state index contributed by atoms with van der Waals surface area (Å²) in [5, 5.41) is 15.5. The molecule has 0 aromatic carbocycles. The van der Waals surface area contributed by atoms with Crippen molar-refractivity contribution >= 4 is 6.09 Å². The molecule has 0 rings (SSSR count). The van der Waals surface area contributed by atoms with Crippen molar-refractivity contribution in [2.45, 2.75) is 59.3 Å². The van der Waals surface area contributed by atoms with Crippen molar-refractivity contribution in [3.8, 4) is 0 Å². The average molecular weight is 260 g/mol. The lowest BCUT2D eigenvalue weighted by atomic mass is 10.1. The molecule has 0 aliphatic rings. The van der Waals surface area contributed by atoms with Gasteiger partial charge in [-0.25, -0.2) is 4.79 Å². The molecule has 2 unspecified atom stereocenters. The molecule has 0 saturated heterocycles. The number of amides is 1. The molecule has 108 valence electrons. The van der Waals surface area contributed by atoms with Gasteiger partial charge in [0.05, 0.1) is 6.10 Å². The van der Waals surface area contributed by atoms with Gasteiger partial charge in [-0.2, -0.15) is 0 Å². The van der Waals surface area contributed by atoms with E-state index in [0.29, 0.717) is 13.1 Å². The molecular weight excluding hydrogens is 232 g/mol. The molecule has 5 heteroatoms. The lowest BCUT2D eigenvalue weighted by Gasteiger charge is -2.22. The van der Waals surface area contributed by atoms with Gasteiger partial charge in [-0.15, -0.1) is 0 Å². The quantitative estimate of drug-likeness (QED) is 0.677. The molecule has 0 bridgehead atoms. The van der Waals surface area contributed by atoms with Gasteiger partial charge in [-0.05, 0) is 33.6 Å². The van der Waals surface area contributed by atoms with Gasteiger partial charge in [0.2, 0.25) is 0 Å². The van der Waals surface area contributed by atoms with Crippen molar-refractivity contribution in [1.29, 1.82) is 0 Å². The molecule has 0 aliphatic heterocycles. The van der Waals surface area contributed by atoms with Crippen LogP contribution in [0, 0.1) is 5.92 Å². The molecule has 0 saturated carbocycles. The van der Waals surface area contributed by atoms with Gasteiger partial charge < -0.3 is 20.5 Å². The van der Waals surface area contributed by atoms with Crippen molar-refractivity contribution in [1.82, 2.24) is 10.6 Å². The Bertz CT molecular complexity index is 249. The zero-order chi connectivity index (χ0) is 14.3. The predicted molar refractivity (Wildman–Crippen MR) is 72.5 cm³/mol. The van der Waals surface area contributed by atoms with Crippen molar-refractivity contribution < 1.29 is 14.6 Å². The molecule has 18 heavy (non-hydrogen) atoms. The average Bonchev–Trinajstić information content (AvgIpc) is 2.20. The smallest absolute Gasteiger partial charge is 0.407 e. The number of hydrogen-bond donors (Lipinski definition) is 3. The number of aliphatic hydroxyl groups excluding tert-OH is 1. The number of nitrogens with one attached hydrogen (secondary N) is 2. The van der Waals surface area contributed by atoms with Crippen LogP contribution in [0.15, 0.2) is 0 Å². The first-order valence-corrected chi connectivity index (χ1v) is 6.50. The van der Waals surface area contributed by atoms with Crippen LogP contribution in [0.5, 0.6) is 0 Å². The number of aliphatic hydroxyl groups is 1. The highest BCUT2D eigenvalue weighted by molar-refractivity contribution is 5.67. The Balaban J connectivity index is 3.77. The number of carbonyl (C=O) groups is 1. The van der Waals surface area contributed by atoms with E-state index in [2.05, 4.69) is 10.6 Å². The van der Waals surface area contributed by atoms with E-state index in [9.17, 15) is 9.90 Å². The van der Waals surface area contributed by atoms with E-state index in [1.807, 2.05) is 41.5 Å². The summed E-state index contributed by atoms with van der Waals surface area (Å²) >= 11 is 0. The zero-order valence-electron chi connectivity index (χ0n) is 12.4. The summed E-state index contributed by atoms with van der Waals surface area (Å²) in [7, 11) is 0. The highest BCUT2D eigenvalue weighted by Gasteiger charge is 2.16. The summed E-state index contributed by atoms with van der Waals surface area (Å²) < 4.78 is 5.12. The molecule has 3 N–H and O–H groups in total. The standard InChI is InChI=1S/C13H28N2O3/c1-9(2)11(16)8-14-10(3)7-15-12(17)18-13(4,5)6/h9-11,14,16H,7-8H2,1-6H3,(H,15,17). The number of alkyl carbamates (subject to hydrolysis) is 1. The van der Waals surface area contributed by atoms with Gasteiger partial charge >= 0.3 is 6.09 Å². The molecule has 0 radical (unpaired) electrons. The lowest BCUT2D eigenvalue weighted by molar-refractivity contribution is 0.0522. The second-order valence-corrected chi connectivity index (χ2v) is 6.00. The summed E-state index contributed by atoms with van der Waals surface area (Å²) in [4.78, 5) is 11.4. The largest absolute Gasteiger partial charge is 0.444 e. The summed E-state index contributed by atoms with van der Waals surface area (Å²) in [5.41, 5.74) is -0.478. The number of carbonyl (C=O) groups excluding carboxylic acids is 1. The van der Waals surface area contributed by atoms with Crippen molar-refractivity contribution in [3.63, 3.8) is 0 Å². The maximum Gasteiger partial charge on any atom is 0.407 e. The van der Waals surface area contributed by atoms with Crippen molar-refractivity contribution in [2.75, 3.05) is 13.1 Å². The molecule has 0 aliphatic carbocycles. The first-order valence-electron chi connectivity index (χ1n) is 6.50. The van der Waals surface area contributed by atoms with E-state index in [1.165, 1.54) is 0 Å². The topological polar surface area (TPSA) is 70.6 Å². The third-order valence-corrected chi connectivity index (χ3v) is 2.40. The maximum atomic E-state index is 11.4. The summed E-state index contributed by atoms with van der Waals surface area (Å²) in [6.07, 6.45) is -0.783. The van der Waals surface area contributed by atoms with Gasteiger partial charge in [0, 0.05) is 19.1 Å². The Hall–Kier alpha value is -0.810. The molecule has 0 aromatic heterocycles. The van der Waals surface area contributed by atoms with Crippen LogP contribution in [-0.4, -0.2) is 42.0 Å². The minimum atomic E-state index is -0.478. The normalized spacial score (nSPS) is 15.3. The monoisotopic (exact) mass is 260 g/mol. The molecular formula is C13H28N2O3. The Kier molecular flexibility index (Phi) is 7.25. The van der Waals surface area contributed by atoms with Crippen LogP contribution >= 0.6 is 0 Å². The summed E-state index contributed by atoms with van der Waals surface area (Å²) in [6, 6.07) is 0.0888. The molecule has 2 atom stereocenters. The molecule has 0 aromatic rings. The maximum absolute atomic E-state index is 11.4. The van der Waals surface area contributed by atoms with Crippen LogP contribution < -0.4 is 10.6 Å². The minimum absolute atomic E-state index is 0.0888. The zero-order valence-corrected chi connectivity index (χ0v) is 12.4. The van der Waals surface area contributed by atoms with Crippen LogP contribution in [0.25, 0.3) is 0 Å². The van der Waals surface area contributed by atoms with Gasteiger partial charge in [-0.3, -0.25) is 0 Å². The third-order valence-electron chi connectivity index (χ3n) is 2.40. The van der Waals surface area contributed by atoms with E-state index in [1.54, 1.807) is 0 Å². The summed E-state index contributed by atoms with van der Waals surface area (Å²) in [5.74, 6) is 0.225. The number of hydrogen-bond acceptors (Lipinski definition) is 4. The molecule has 0 fully saturated rings. The fourth-order valence-electron chi connectivity index (χ4n) is 1.18. The SMILES string of the molecule is CC(CNC(=O)OC(C)(C)C)NCC(O)C(C)C. The van der Waals surface area contributed by atoms with E-state index >= 15 is 0 Å². The molecule has 0 spiro atoms. The van der Waals surface area contributed by atoms with Crippen LogP contribution in [0.3, 0.4) is 0 Å². The van der Waals surface area contributed by atoms with Crippen molar-refractivity contribution in [3.05, 3.63) is 0 Å². The second kappa shape index (κ2) is 7.59. The first kappa shape index (κ1) is 17.2. The van der Waals surface area contributed by atoms with Crippen LogP contribution in [-0.2, 0) is 4.74 Å². The van der Waals surface area contributed by atoms with Crippen LogP contribution in [0.2, 0.25) is 0 Å². The second-order valence-electron chi connectivity index (χ2n) is 6.00. The van der Waals surface area contributed by atoms with Gasteiger partial charge in [0.1, 0.15) is 5.60 Å². The highest BCUT2D eigenvalue weighted by atomic mass is 16.6.